The number of aromatic nitrogens is 3. The Balaban J connectivity index is 1.22. The van der Waals surface area contributed by atoms with Crippen molar-refractivity contribution in [3.05, 3.63) is 81.9 Å². The number of piperidine rings is 1. The Hall–Kier alpha value is -4.07. The van der Waals surface area contributed by atoms with Crippen LogP contribution < -0.4 is 22.9 Å². The van der Waals surface area contributed by atoms with Crippen LogP contribution in [0.15, 0.2) is 64.5 Å². The molecule has 3 heterocycles. The third kappa shape index (κ3) is 9.06. The van der Waals surface area contributed by atoms with Crippen molar-refractivity contribution in [3.63, 3.8) is 0 Å². The second kappa shape index (κ2) is 16.1. The normalized spacial score (nSPS) is 19.5. The lowest BCUT2D eigenvalue weighted by Crippen LogP contribution is -2.43. The van der Waals surface area contributed by atoms with Gasteiger partial charge in [0, 0.05) is 48.5 Å². The minimum atomic E-state index is -4.51. The highest BCUT2D eigenvalue weighted by Gasteiger charge is 2.33. The summed E-state index contributed by atoms with van der Waals surface area (Å²) in [5, 5.41) is 0.591. The number of halogens is 4. The molecular formula is C38H48F4N8O. The molecule has 0 radical (unpaired) electrons. The van der Waals surface area contributed by atoms with Gasteiger partial charge in [0.15, 0.2) is 0 Å². The lowest BCUT2D eigenvalue weighted by Gasteiger charge is -2.42. The summed E-state index contributed by atoms with van der Waals surface area (Å²) in [5.74, 6) is 0.965. The summed E-state index contributed by atoms with van der Waals surface area (Å²) < 4.78 is 56.6. The van der Waals surface area contributed by atoms with Crippen molar-refractivity contribution in [2.75, 3.05) is 26.3 Å². The summed E-state index contributed by atoms with van der Waals surface area (Å²) in [5.41, 5.74) is 19.8. The Morgan fingerprint density at radius 1 is 1.06 bits per heavy atom. The molecule has 2 aromatic heterocycles. The number of fused-ring (bicyclic) bond motifs is 1. The van der Waals surface area contributed by atoms with Gasteiger partial charge >= 0.3 is 11.9 Å². The molecule has 3 atom stereocenters. The number of hydrogen-bond acceptors (Lipinski definition) is 6. The molecule has 0 unspecified atom stereocenters. The molecule has 2 aromatic carbocycles. The molecule has 274 valence electrons. The van der Waals surface area contributed by atoms with Crippen molar-refractivity contribution in [2.24, 2.45) is 28.1 Å². The summed E-state index contributed by atoms with van der Waals surface area (Å²) in [6, 6.07) is 14.0. The van der Waals surface area contributed by atoms with E-state index in [1.54, 1.807) is 18.3 Å². The Morgan fingerprint density at radius 2 is 1.84 bits per heavy atom. The van der Waals surface area contributed by atoms with Crippen LogP contribution in [0.4, 0.5) is 17.6 Å². The van der Waals surface area contributed by atoms with Gasteiger partial charge in [0.2, 0.25) is 0 Å². The number of aryl methyl sites for hydroxylation is 1. The van der Waals surface area contributed by atoms with E-state index in [0.29, 0.717) is 77.6 Å². The molecule has 0 amide bonds. The van der Waals surface area contributed by atoms with Crippen molar-refractivity contribution in [2.45, 2.75) is 88.5 Å². The van der Waals surface area contributed by atoms with Gasteiger partial charge in [-0.05, 0) is 123 Å². The standard InChI is InChI=1S/C38H48F4N8O/c39-15-3-17-49-30(14-16-46-35(45)22-43)5-2-7-34(49)26-10-12-31(13-11-26)50-23-28-21-33(47-36(28)48-37(50)51)27-18-24(19-29(20-27)38(40,41)42)4-1-6-32(44)25-8-9-25/h10-13,18-21,23,25,30,32,34H,1-9,14-17,22,43-44H2,(H2,45,46)(H,47,48,51)/t30-,32+,34-/m0/s1. The van der Waals surface area contributed by atoms with Crippen LogP contribution in [0.25, 0.3) is 28.0 Å². The molecule has 2 aliphatic rings. The topological polar surface area (TPSA) is 144 Å². The van der Waals surface area contributed by atoms with Crippen LogP contribution in [0.2, 0.25) is 0 Å². The van der Waals surface area contributed by atoms with Crippen LogP contribution in [-0.4, -0.2) is 63.7 Å². The number of nitrogens with zero attached hydrogens (tertiary/aromatic N) is 4. The third-order valence-corrected chi connectivity index (χ3v) is 10.3. The third-order valence-electron chi connectivity index (χ3n) is 10.3. The van der Waals surface area contributed by atoms with Gasteiger partial charge in [-0.25, -0.2) is 4.79 Å². The second-order valence-electron chi connectivity index (χ2n) is 14.0. The van der Waals surface area contributed by atoms with E-state index in [1.165, 1.54) is 10.6 Å². The maximum Gasteiger partial charge on any atom is 0.416 e. The molecule has 0 spiro atoms. The van der Waals surface area contributed by atoms with Gasteiger partial charge in [-0.2, -0.15) is 18.2 Å². The van der Waals surface area contributed by atoms with Crippen LogP contribution in [0, 0.1) is 5.92 Å². The molecule has 7 N–H and O–H groups in total. The van der Waals surface area contributed by atoms with E-state index >= 15 is 0 Å². The van der Waals surface area contributed by atoms with E-state index in [4.69, 9.17) is 17.2 Å². The van der Waals surface area contributed by atoms with Crippen molar-refractivity contribution < 1.29 is 17.6 Å². The predicted molar refractivity (Wildman–Crippen MR) is 194 cm³/mol. The average molecular weight is 709 g/mol. The number of aliphatic imine (C=N–C) groups is 1. The van der Waals surface area contributed by atoms with Gasteiger partial charge < -0.3 is 22.2 Å². The number of nitrogens with one attached hydrogen (secondary N) is 1. The first kappa shape index (κ1) is 36.7. The number of nitrogens with two attached hydrogens (primary N) is 3. The highest BCUT2D eigenvalue weighted by molar-refractivity contribution is 5.83. The quantitative estimate of drug-likeness (QED) is 0.0638. The Morgan fingerprint density at radius 3 is 2.55 bits per heavy atom. The van der Waals surface area contributed by atoms with E-state index in [1.807, 2.05) is 24.3 Å². The van der Waals surface area contributed by atoms with Gasteiger partial charge in [-0.15, -0.1) is 0 Å². The van der Waals surface area contributed by atoms with Gasteiger partial charge in [-0.3, -0.25) is 18.8 Å². The number of alkyl halides is 4. The van der Waals surface area contributed by atoms with E-state index in [0.717, 1.165) is 56.6 Å². The zero-order chi connectivity index (χ0) is 36.1. The van der Waals surface area contributed by atoms with Gasteiger partial charge in [0.05, 0.1) is 24.5 Å². The molecule has 51 heavy (non-hydrogen) atoms. The lowest BCUT2D eigenvalue weighted by atomic mass is 9.89. The van der Waals surface area contributed by atoms with Crippen molar-refractivity contribution in [1.82, 2.24) is 19.4 Å². The molecule has 1 aliphatic heterocycles. The Labute approximate surface area is 295 Å². The minimum absolute atomic E-state index is 0.0945. The van der Waals surface area contributed by atoms with E-state index < -0.39 is 24.1 Å². The monoisotopic (exact) mass is 708 g/mol. The van der Waals surface area contributed by atoms with Crippen molar-refractivity contribution in [1.29, 1.82) is 0 Å². The Kier molecular flexibility index (Phi) is 11.6. The summed E-state index contributed by atoms with van der Waals surface area (Å²) in [6.07, 6.45) is 5.59. The molecule has 6 rings (SSSR count). The highest BCUT2D eigenvalue weighted by atomic mass is 19.4. The second-order valence-corrected chi connectivity index (χ2v) is 14.0. The fourth-order valence-corrected chi connectivity index (χ4v) is 7.45. The van der Waals surface area contributed by atoms with Crippen LogP contribution in [0.1, 0.15) is 80.5 Å². The molecule has 4 aromatic rings. The fraction of sp³-hybridized carbons (Fsp3) is 0.500. The first-order chi connectivity index (χ1) is 24.5. The Bertz CT molecular complexity index is 1860. The fourth-order valence-electron chi connectivity index (χ4n) is 7.45. The van der Waals surface area contributed by atoms with E-state index in [9.17, 15) is 22.4 Å². The summed E-state index contributed by atoms with van der Waals surface area (Å²) in [7, 11) is 0. The number of likely N-dealkylation sites (tertiary alicyclic amines) is 1. The molecule has 1 saturated carbocycles. The molecule has 1 saturated heterocycles. The lowest BCUT2D eigenvalue weighted by molar-refractivity contribution is -0.137. The van der Waals surface area contributed by atoms with Crippen LogP contribution in [0.5, 0.6) is 0 Å². The molecular weight excluding hydrogens is 660 g/mol. The largest absolute Gasteiger partial charge is 0.416 e. The minimum Gasteiger partial charge on any atom is -0.386 e. The number of H-pyrrole nitrogens is 1. The SMILES string of the molecule is NCC(N)=NCC[C@@H]1CCC[C@@H](c2ccc(-n3cc4cc(-c5cc(CCC[C@@H](N)C6CC6)cc(C(F)(F)F)c5)[nH]c4nc3=O)cc2)N1CCCF. The smallest absolute Gasteiger partial charge is 0.386 e. The molecule has 9 nitrogen and oxygen atoms in total. The van der Waals surface area contributed by atoms with Gasteiger partial charge in [-0.1, -0.05) is 12.1 Å². The van der Waals surface area contributed by atoms with Crippen LogP contribution >= 0.6 is 0 Å². The maximum atomic E-state index is 13.9. The number of hydrogen-bond donors (Lipinski definition) is 4. The zero-order valence-corrected chi connectivity index (χ0v) is 28.8. The van der Waals surface area contributed by atoms with E-state index in [-0.39, 0.29) is 24.7 Å². The maximum absolute atomic E-state index is 13.9. The average Bonchev–Trinajstić information content (AvgIpc) is 3.89. The molecule has 2 fully saturated rings. The van der Waals surface area contributed by atoms with Crippen molar-refractivity contribution in [3.8, 4) is 16.9 Å². The van der Waals surface area contributed by atoms with E-state index in [2.05, 4.69) is 19.9 Å². The summed E-state index contributed by atoms with van der Waals surface area (Å²) in [4.78, 5) is 27.3. The zero-order valence-electron chi connectivity index (χ0n) is 28.8. The first-order valence-electron chi connectivity index (χ1n) is 18.0. The molecule has 0 bridgehead atoms. The number of benzene rings is 2. The molecule has 13 heteroatoms. The summed E-state index contributed by atoms with van der Waals surface area (Å²) >= 11 is 0. The van der Waals surface area contributed by atoms with Crippen LogP contribution in [0.3, 0.4) is 0 Å². The number of aromatic amines is 1. The number of rotatable bonds is 15. The highest BCUT2D eigenvalue weighted by Crippen LogP contribution is 2.37. The number of amidine groups is 1. The predicted octanol–water partition coefficient (Wildman–Crippen LogP) is 6.42. The van der Waals surface area contributed by atoms with Crippen molar-refractivity contribution >= 4 is 16.9 Å². The van der Waals surface area contributed by atoms with Crippen LogP contribution in [-0.2, 0) is 12.6 Å². The van der Waals surface area contributed by atoms with Gasteiger partial charge in [0.1, 0.15) is 11.5 Å². The van der Waals surface area contributed by atoms with Gasteiger partial charge in [0.25, 0.3) is 0 Å². The first-order valence-corrected chi connectivity index (χ1v) is 18.0. The molecule has 1 aliphatic carbocycles. The summed E-state index contributed by atoms with van der Waals surface area (Å²) in [6.45, 7) is 1.02.